The Balaban J connectivity index is 3.32. The Morgan fingerprint density at radius 3 is 1.91 bits per heavy atom. The molecule has 0 bridgehead atoms. The fourth-order valence-electron chi connectivity index (χ4n) is 2.32. The van der Waals surface area contributed by atoms with Crippen molar-refractivity contribution in [1.82, 2.24) is 0 Å². The summed E-state index contributed by atoms with van der Waals surface area (Å²) in [5.41, 5.74) is 0. The third-order valence-electron chi connectivity index (χ3n) is 3.76. The van der Waals surface area contributed by atoms with Crippen LogP contribution in [0.5, 0.6) is 0 Å². The summed E-state index contributed by atoms with van der Waals surface area (Å²) in [5.74, 6) is 6.16. The molecule has 22 heavy (non-hydrogen) atoms. The summed E-state index contributed by atoms with van der Waals surface area (Å²) in [6, 6.07) is -1.06. The Morgan fingerprint density at radius 2 is 1.41 bits per heavy atom. The fourth-order valence-corrected chi connectivity index (χ4v) is 2.32. The summed E-state index contributed by atoms with van der Waals surface area (Å²) < 4.78 is 0. The van der Waals surface area contributed by atoms with Crippen LogP contribution in [0.2, 0.25) is 0 Å². The van der Waals surface area contributed by atoms with Gasteiger partial charge in [0, 0.05) is 24.2 Å². The van der Waals surface area contributed by atoms with Crippen LogP contribution in [0, 0.1) is 22.0 Å². The average molecular weight is 309 g/mol. The summed E-state index contributed by atoms with van der Waals surface area (Å²) in [5, 5.41) is 10.4. The van der Waals surface area contributed by atoms with E-state index in [4.69, 9.17) is 0 Å². The molecule has 0 aromatic rings. The summed E-state index contributed by atoms with van der Waals surface area (Å²) in [6.07, 6.45) is 14.7. The first-order valence-electron chi connectivity index (χ1n) is 8.76. The van der Waals surface area contributed by atoms with Crippen LogP contribution in [0.25, 0.3) is 0 Å². The number of aldehydes is 1. The largest absolute Gasteiger partial charge is 0.296 e. The van der Waals surface area contributed by atoms with Gasteiger partial charge in [-0.1, -0.05) is 58.3 Å². The van der Waals surface area contributed by atoms with Gasteiger partial charge in [0.1, 0.15) is 0 Å². The van der Waals surface area contributed by atoms with Crippen LogP contribution < -0.4 is 0 Å². The Bertz CT molecular complexity index is 344. The topological polar surface area (TPSA) is 60.2 Å². The molecule has 0 rings (SSSR count). The van der Waals surface area contributed by atoms with E-state index in [1.807, 2.05) is 0 Å². The standard InChI is InChI=1S/C18H31NO3/c1-2-3-4-5-6-7-8-9-10-11-12-13-14-15-16-18(17-20)19(21)22/h17-18H,2-11,14-16H2,1H3. The lowest BCUT2D eigenvalue weighted by Crippen LogP contribution is -2.20. The molecule has 0 fully saturated rings. The molecule has 4 heteroatoms. The SMILES string of the molecule is CCCCCCCCCCCC#CCCCC(C=O)[N+](=O)[O-]. The maximum Gasteiger partial charge on any atom is 0.267 e. The first-order valence-corrected chi connectivity index (χ1v) is 8.76. The number of carbonyl (C=O) groups is 1. The Kier molecular flexibility index (Phi) is 15.0. The highest BCUT2D eigenvalue weighted by atomic mass is 16.6. The predicted molar refractivity (Wildman–Crippen MR) is 90.3 cm³/mol. The quantitative estimate of drug-likeness (QED) is 0.150. The molecule has 0 saturated heterocycles. The van der Waals surface area contributed by atoms with Gasteiger partial charge in [0.15, 0.2) is 6.29 Å². The summed E-state index contributed by atoms with van der Waals surface area (Å²) in [6.45, 7) is 2.24. The molecule has 0 aliphatic heterocycles. The zero-order valence-electron chi connectivity index (χ0n) is 14.0. The number of nitrogens with zero attached hydrogens (tertiary/aromatic N) is 1. The zero-order chi connectivity index (χ0) is 16.5. The lowest BCUT2D eigenvalue weighted by atomic mass is 10.1. The van der Waals surface area contributed by atoms with Crippen LogP contribution >= 0.6 is 0 Å². The maximum absolute atomic E-state index is 10.4. The molecule has 0 heterocycles. The third kappa shape index (κ3) is 13.6. The van der Waals surface area contributed by atoms with Gasteiger partial charge in [-0.05, 0) is 12.8 Å². The number of unbranched alkanes of at least 4 members (excludes halogenated alkanes) is 10. The second-order valence-corrected chi connectivity index (χ2v) is 5.81. The van der Waals surface area contributed by atoms with Gasteiger partial charge in [-0.3, -0.25) is 14.9 Å². The van der Waals surface area contributed by atoms with E-state index in [2.05, 4.69) is 18.8 Å². The van der Waals surface area contributed by atoms with Gasteiger partial charge in [0.05, 0.1) is 0 Å². The molecule has 0 aliphatic carbocycles. The Hall–Kier alpha value is -1.37. The smallest absolute Gasteiger partial charge is 0.267 e. The van der Waals surface area contributed by atoms with Crippen LogP contribution in [-0.2, 0) is 4.79 Å². The van der Waals surface area contributed by atoms with Gasteiger partial charge < -0.3 is 0 Å². The molecule has 0 N–H and O–H groups in total. The summed E-state index contributed by atoms with van der Waals surface area (Å²) in [4.78, 5) is 20.3. The van der Waals surface area contributed by atoms with E-state index < -0.39 is 11.0 Å². The van der Waals surface area contributed by atoms with E-state index in [0.29, 0.717) is 25.5 Å². The monoisotopic (exact) mass is 309 g/mol. The lowest BCUT2D eigenvalue weighted by molar-refractivity contribution is -0.506. The van der Waals surface area contributed by atoms with Crippen LogP contribution in [0.4, 0.5) is 0 Å². The zero-order valence-corrected chi connectivity index (χ0v) is 14.0. The summed E-state index contributed by atoms with van der Waals surface area (Å²) >= 11 is 0. The lowest BCUT2D eigenvalue weighted by Gasteiger charge is -2.00. The third-order valence-corrected chi connectivity index (χ3v) is 3.76. The number of rotatable bonds is 14. The van der Waals surface area contributed by atoms with E-state index in [0.717, 1.165) is 12.8 Å². The highest BCUT2D eigenvalue weighted by Crippen LogP contribution is 2.10. The van der Waals surface area contributed by atoms with Crippen molar-refractivity contribution in [2.24, 2.45) is 0 Å². The Labute approximate surface area is 135 Å². The number of hydrogen-bond acceptors (Lipinski definition) is 3. The second-order valence-electron chi connectivity index (χ2n) is 5.81. The van der Waals surface area contributed by atoms with Crippen molar-refractivity contribution >= 4 is 6.29 Å². The van der Waals surface area contributed by atoms with E-state index in [9.17, 15) is 14.9 Å². The Morgan fingerprint density at radius 1 is 0.909 bits per heavy atom. The second kappa shape index (κ2) is 16.0. The number of nitro groups is 1. The predicted octanol–water partition coefficient (Wildman–Crippen LogP) is 4.93. The molecule has 1 atom stereocenters. The molecule has 0 radical (unpaired) electrons. The molecule has 126 valence electrons. The van der Waals surface area contributed by atoms with Crippen molar-refractivity contribution in [3.05, 3.63) is 10.1 Å². The van der Waals surface area contributed by atoms with Crippen molar-refractivity contribution in [3.63, 3.8) is 0 Å². The first-order chi connectivity index (χ1) is 10.7. The van der Waals surface area contributed by atoms with Crippen molar-refractivity contribution < 1.29 is 9.72 Å². The fraction of sp³-hybridized carbons (Fsp3) is 0.833. The minimum Gasteiger partial charge on any atom is -0.296 e. The average Bonchev–Trinajstić information content (AvgIpc) is 2.51. The van der Waals surface area contributed by atoms with Crippen molar-refractivity contribution in [1.29, 1.82) is 0 Å². The maximum atomic E-state index is 10.4. The molecular weight excluding hydrogens is 278 g/mol. The van der Waals surface area contributed by atoms with Gasteiger partial charge in [0.25, 0.3) is 6.04 Å². The highest BCUT2D eigenvalue weighted by Gasteiger charge is 2.16. The number of hydrogen-bond donors (Lipinski definition) is 0. The van der Waals surface area contributed by atoms with Gasteiger partial charge in [-0.15, -0.1) is 11.8 Å². The van der Waals surface area contributed by atoms with Crippen LogP contribution in [0.15, 0.2) is 0 Å². The van der Waals surface area contributed by atoms with Gasteiger partial charge in [-0.25, -0.2) is 0 Å². The van der Waals surface area contributed by atoms with Crippen molar-refractivity contribution in [3.8, 4) is 11.8 Å². The normalized spacial score (nSPS) is 11.5. The van der Waals surface area contributed by atoms with Gasteiger partial charge in [0.2, 0.25) is 0 Å². The molecule has 0 saturated carbocycles. The van der Waals surface area contributed by atoms with Crippen LogP contribution in [0.3, 0.4) is 0 Å². The summed E-state index contributed by atoms with van der Waals surface area (Å²) in [7, 11) is 0. The van der Waals surface area contributed by atoms with Gasteiger partial charge in [-0.2, -0.15) is 0 Å². The molecule has 0 aliphatic rings. The highest BCUT2D eigenvalue weighted by molar-refractivity contribution is 5.55. The molecule has 0 aromatic heterocycles. The number of carbonyl (C=O) groups excluding carboxylic acids is 1. The van der Waals surface area contributed by atoms with E-state index in [1.54, 1.807) is 0 Å². The van der Waals surface area contributed by atoms with E-state index in [-0.39, 0.29) is 0 Å². The van der Waals surface area contributed by atoms with Gasteiger partial charge >= 0.3 is 0 Å². The molecule has 1 unspecified atom stereocenters. The van der Waals surface area contributed by atoms with Crippen LogP contribution in [-0.4, -0.2) is 17.3 Å². The molecule has 4 nitrogen and oxygen atoms in total. The van der Waals surface area contributed by atoms with E-state index >= 15 is 0 Å². The molecule has 0 amide bonds. The van der Waals surface area contributed by atoms with Crippen LogP contribution in [0.1, 0.15) is 90.4 Å². The minimum atomic E-state index is -1.06. The van der Waals surface area contributed by atoms with E-state index in [1.165, 1.54) is 51.4 Å². The van der Waals surface area contributed by atoms with Crippen molar-refractivity contribution in [2.75, 3.05) is 0 Å². The molecule has 0 spiro atoms. The molecule has 0 aromatic carbocycles. The first kappa shape index (κ1) is 20.6. The minimum absolute atomic E-state index is 0.295. The van der Waals surface area contributed by atoms with Crippen molar-refractivity contribution in [2.45, 2.75) is 96.4 Å². The molecular formula is C18H31NO3.